The molecular formula is C26H31N3O3S. The Balaban J connectivity index is 1.75. The van der Waals surface area contributed by atoms with E-state index in [0.717, 1.165) is 28.1 Å². The molecule has 0 spiro atoms. The third-order valence-corrected chi connectivity index (χ3v) is 6.18. The summed E-state index contributed by atoms with van der Waals surface area (Å²) in [4.78, 5) is 30.9. The Morgan fingerprint density at radius 1 is 0.939 bits per heavy atom. The maximum absolute atomic E-state index is 13.4. The lowest BCUT2D eigenvalue weighted by Crippen LogP contribution is -2.45. The van der Waals surface area contributed by atoms with Gasteiger partial charge in [0.15, 0.2) is 0 Å². The Morgan fingerprint density at radius 2 is 1.70 bits per heavy atom. The third-order valence-electron chi connectivity index (χ3n) is 5.31. The van der Waals surface area contributed by atoms with Gasteiger partial charge in [-0.2, -0.15) is 0 Å². The van der Waals surface area contributed by atoms with Gasteiger partial charge in [-0.25, -0.2) is 4.79 Å². The number of aryl methyl sites for hydroxylation is 1. The number of methoxy groups -OCH3 is 1. The van der Waals surface area contributed by atoms with Crippen LogP contribution in [0.4, 0.5) is 10.5 Å². The lowest BCUT2D eigenvalue weighted by Gasteiger charge is -2.28. The second kappa shape index (κ2) is 12.8. The number of thiophene rings is 1. The Bertz CT molecular complexity index is 1010. The molecule has 0 unspecified atom stereocenters. The summed E-state index contributed by atoms with van der Waals surface area (Å²) >= 11 is 1.62. The van der Waals surface area contributed by atoms with Crippen molar-refractivity contribution < 1.29 is 14.3 Å². The number of amides is 3. The average molecular weight is 466 g/mol. The van der Waals surface area contributed by atoms with Gasteiger partial charge in [-0.15, -0.1) is 11.3 Å². The highest BCUT2D eigenvalue weighted by Gasteiger charge is 2.22. The van der Waals surface area contributed by atoms with Crippen LogP contribution in [-0.4, -0.2) is 48.5 Å². The Kier molecular flexibility index (Phi) is 9.47. The van der Waals surface area contributed by atoms with Gasteiger partial charge >= 0.3 is 6.03 Å². The molecule has 2 aromatic carbocycles. The van der Waals surface area contributed by atoms with Crippen molar-refractivity contribution in [3.05, 3.63) is 88.1 Å². The van der Waals surface area contributed by atoms with Crippen LogP contribution in [0.2, 0.25) is 0 Å². The Hall–Kier alpha value is -3.16. The standard InChI is InChI=1S/C26H31N3O3S/c1-3-22-12-7-8-14-24(22)27-26(31)28(15-16-32-2)20-25(30)29(19-23-13-9-17-33-23)18-21-10-5-4-6-11-21/h4-14,17H,3,15-16,18-20H2,1-2H3,(H,27,31). The van der Waals surface area contributed by atoms with Gasteiger partial charge in [0.05, 0.1) is 13.2 Å². The summed E-state index contributed by atoms with van der Waals surface area (Å²) in [6.45, 7) is 3.67. The monoisotopic (exact) mass is 465 g/mol. The average Bonchev–Trinajstić information content (AvgIpc) is 3.35. The highest BCUT2D eigenvalue weighted by molar-refractivity contribution is 7.09. The van der Waals surface area contributed by atoms with Crippen molar-refractivity contribution in [3.8, 4) is 0 Å². The van der Waals surface area contributed by atoms with Crippen LogP contribution >= 0.6 is 11.3 Å². The summed E-state index contributed by atoms with van der Waals surface area (Å²) in [6.07, 6.45) is 0.805. The molecule has 1 N–H and O–H groups in total. The molecule has 3 rings (SSSR count). The first kappa shape index (κ1) is 24.5. The largest absolute Gasteiger partial charge is 0.383 e. The highest BCUT2D eigenvalue weighted by Crippen LogP contribution is 2.17. The predicted octanol–water partition coefficient (Wildman–Crippen LogP) is 5.02. The maximum Gasteiger partial charge on any atom is 0.322 e. The molecule has 0 aliphatic carbocycles. The minimum absolute atomic E-state index is 0.0261. The second-order valence-electron chi connectivity index (χ2n) is 7.67. The second-order valence-corrected chi connectivity index (χ2v) is 8.70. The summed E-state index contributed by atoms with van der Waals surface area (Å²) in [5, 5.41) is 4.98. The topological polar surface area (TPSA) is 61.9 Å². The summed E-state index contributed by atoms with van der Waals surface area (Å²) in [6, 6.07) is 21.3. The molecule has 0 saturated carbocycles. The van der Waals surface area contributed by atoms with Crippen molar-refractivity contribution >= 4 is 29.0 Å². The molecule has 0 bridgehead atoms. The zero-order valence-corrected chi connectivity index (χ0v) is 20.0. The molecule has 3 amide bonds. The van der Waals surface area contributed by atoms with Gasteiger partial charge in [0.2, 0.25) is 5.91 Å². The number of hydrogen-bond donors (Lipinski definition) is 1. The van der Waals surface area contributed by atoms with E-state index in [0.29, 0.717) is 26.2 Å². The van der Waals surface area contributed by atoms with Crippen molar-refractivity contribution in [2.75, 3.05) is 32.1 Å². The van der Waals surface area contributed by atoms with Crippen LogP contribution in [0.5, 0.6) is 0 Å². The van der Waals surface area contributed by atoms with Crippen LogP contribution in [0.25, 0.3) is 0 Å². The van der Waals surface area contributed by atoms with E-state index >= 15 is 0 Å². The van der Waals surface area contributed by atoms with Gasteiger partial charge in [0.25, 0.3) is 0 Å². The predicted molar refractivity (Wildman–Crippen MR) is 133 cm³/mol. The van der Waals surface area contributed by atoms with Crippen LogP contribution < -0.4 is 5.32 Å². The minimum Gasteiger partial charge on any atom is -0.383 e. The highest BCUT2D eigenvalue weighted by atomic mass is 32.1. The molecule has 174 valence electrons. The fourth-order valence-corrected chi connectivity index (χ4v) is 4.21. The number of benzene rings is 2. The molecule has 0 aliphatic rings. The smallest absolute Gasteiger partial charge is 0.322 e. The van der Waals surface area contributed by atoms with Gasteiger partial charge < -0.3 is 19.9 Å². The van der Waals surface area contributed by atoms with Crippen molar-refractivity contribution in [1.29, 1.82) is 0 Å². The van der Waals surface area contributed by atoms with E-state index in [9.17, 15) is 9.59 Å². The maximum atomic E-state index is 13.4. The zero-order chi connectivity index (χ0) is 23.5. The number of hydrogen-bond acceptors (Lipinski definition) is 4. The third kappa shape index (κ3) is 7.44. The minimum atomic E-state index is -0.308. The van der Waals surface area contributed by atoms with E-state index in [2.05, 4.69) is 5.32 Å². The van der Waals surface area contributed by atoms with E-state index in [4.69, 9.17) is 4.74 Å². The number of carbonyl (C=O) groups excluding carboxylic acids is 2. The molecule has 0 fully saturated rings. The molecule has 0 saturated heterocycles. The lowest BCUT2D eigenvalue weighted by molar-refractivity contribution is -0.133. The van der Waals surface area contributed by atoms with Crippen molar-refractivity contribution in [2.45, 2.75) is 26.4 Å². The number of anilines is 1. The number of rotatable bonds is 11. The normalized spacial score (nSPS) is 10.6. The number of ether oxygens (including phenoxy) is 1. The van der Waals surface area contributed by atoms with Crippen LogP contribution in [0, 0.1) is 0 Å². The number of urea groups is 1. The van der Waals surface area contributed by atoms with Crippen molar-refractivity contribution in [1.82, 2.24) is 9.80 Å². The number of carbonyl (C=O) groups is 2. The van der Waals surface area contributed by atoms with E-state index < -0.39 is 0 Å². The van der Waals surface area contributed by atoms with Crippen LogP contribution in [0.1, 0.15) is 22.9 Å². The summed E-state index contributed by atoms with van der Waals surface area (Å²) in [5.74, 6) is -0.109. The first-order valence-corrected chi connectivity index (χ1v) is 12.0. The summed E-state index contributed by atoms with van der Waals surface area (Å²) < 4.78 is 5.20. The number of nitrogens with one attached hydrogen (secondary N) is 1. The first-order valence-electron chi connectivity index (χ1n) is 11.1. The van der Waals surface area contributed by atoms with E-state index in [1.54, 1.807) is 23.3 Å². The van der Waals surface area contributed by atoms with Crippen LogP contribution in [0.3, 0.4) is 0 Å². The molecule has 0 radical (unpaired) electrons. The van der Waals surface area contributed by atoms with Crippen molar-refractivity contribution in [2.24, 2.45) is 0 Å². The lowest BCUT2D eigenvalue weighted by atomic mass is 10.1. The van der Waals surface area contributed by atoms with E-state index in [1.807, 2.05) is 79.0 Å². The molecule has 0 atom stereocenters. The molecule has 7 heteroatoms. The molecule has 0 aliphatic heterocycles. The van der Waals surface area contributed by atoms with E-state index in [-0.39, 0.29) is 18.5 Å². The number of nitrogens with zero attached hydrogens (tertiary/aromatic N) is 2. The van der Waals surface area contributed by atoms with Gasteiger partial charge in [-0.3, -0.25) is 4.79 Å². The van der Waals surface area contributed by atoms with Crippen LogP contribution in [-0.2, 0) is 29.0 Å². The SMILES string of the molecule is CCc1ccccc1NC(=O)N(CCOC)CC(=O)N(Cc1ccccc1)Cc1cccs1. The molecule has 1 aromatic heterocycles. The quantitative estimate of drug-likeness (QED) is 0.433. The summed E-state index contributed by atoms with van der Waals surface area (Å²) in [5.41, 5.74) is 2.86. The zero-order valence-electron chi connectivity index (χ0n) is 19.2. The van der Waals surface area contributed by atoms with Crippen LogP contribution in [0.15, 0.2) is 72.1 Å². The molecular weight excluding hydrogens is 434 g/mol. The van der Waals surface area contributed by atoms with Gasteiger partial charge in [-0.1, -0.05) is 61.5 Å². The Morgan fingerprint density at radius 3 is 2.39 bits per heavy atom. The fourth-order valence-electron chi connectivity index (χ4n) is 3.49. The molecule has 3 aromatic rings. The fraction of sp³-hybridized carbons (Fsp3) is 0.308. The summed E-state index contributed by atoms with van der Waals surface area (Å²) in [7, 11) is 1.59. The van der Waals surface area contributed by atoms with Gasteiger partial charge in [0, 0.05) is 30.8 Å². The molecule has 6 nitrogen and oxygen atoms in total. The van der Waals surface area contributed by atoms with Gasteiger partial charge in [0.1, 0.15) is 6.54 Å². The first-order chi connectivity index (χ1) is 16.1. The Labute approximate surface area is 199 Å². The van der Waals surface area contributed by atoms with E-state index in [1.165, 1.54) is 4.90 Å². The van der Waals surface area contributed by atoms with Crippen molar-refractivity contribution in [3.63, 3.8) is 0 Å². The number of para-hydroxylation sites is 1. The molecule has 1 heterocycles. The van der Waals surface area contributed by atoms with Gasteiger partial charge in [-0.05, 0) is 35.1 Å². The molecule has 33 heavy (non-hydrogen) atoms.